The SMILES string of the molecule is CC(C)OC(=O)[C@H](C)N[P@](C)(=O)OC[C@H]1O[C@@H](n2ccc(=O)[nH]c2=O)[C@](C)(F)[C@@H]1C. The summed E-state index contributed by atoms with van der Waals surface area (Å²) in [6.45, 7) is 8.82. The summed E-state index contributed by atoms with van der Waals surface area (Å²) < 4.78 is 45.2. The predicted molar refractivity (Wildman–Crippen MR) is 107 cm³/mol. The fourth-order valence-electron chi connectivity index (χ4n) is 3.13. The Morgan fingerprint density at radius 1 is 1.43 bits per heavy atom. The van der Waals surface area contributed by atoms with Gasteiger partial charge in [-0.1, -0.05) is 6.92 Å². The molecule has 12 heteroatoms. The number of ether oxygens (including phenoxy) is 2. The van der Waals surface area contributed by atoms with Gasteiger partial charge in [0.05, 0.1) is 18.8 Å². The highest BCUT2D eigenvalue weighted by Crippen LogP contribution is 2.47. The van der Waals surface area contributed by atoms with Crippen LogP contribution in [0, 0.1) is 5.92 Å². The lowest BCUT2D eigenvalue weighted by Crippen LogP contribution is -2.40. The van der Waals surface area contributed by atoms with Gasteiger partial charge < -0.3 is 14.0 Å². The lowest BCUT2D eigenvalue weighted by atomic mass is 9.90. The lowest BCUT2D eigenvalue weighted by Gasteiger charge is -2.25. The molecule has 0 saturated carbocycles. The van der Waals surface area contributed by atoms with Gasteiger partial charge in [0.2, 0.25) is 0 Å². The minimum atomic E-state index is -3.44. The van der Waals surface area contributed by atoms with Crippen molar-refractivity contribution in [3.05, 3.63) is 33.1 Å². The second-order valence-electron chi connectivity index (χ2n) is 7.96. The first-order valence-corrected chi connectivity index (χ1v) is 11.7. The van der Waals surface area contributed by atoms with E-state index in [9.17, 15) is 18.9 Å². The molecule has 1 aliphatic rings. The van der Waals surface area contributed by atoms with Crippen LogP contribution in [0.25, 0.3) is 0 Å². The summed E-state index contributed by atoms with van der Waals surface area (Å²) in [5.74, 6) is -1.29. The summed E-state index contributed by atoms with van der Waals surface area (Å²) in [7, 11) is -3.44. The fraction of sp³-hybridized carbons (Fsp3) is 0.722. The molecule has 6 atom stereocenters. The summed E-state index contributed by atoms with van der Waals surface area (Å²) in [5, 5.41) is 2.59. The molecule has 1 saturated heterocycles. The first-order chi connectivity index (χ1) is 13.7. The van der Waals surface area contributed by atoms with Crippen LogP contribution in [0.3, 0.4) is 0 Å². The number of nitrogens with zero attached hydrogens (tertiary/aromatic N) is 1. The summed E-state index contributed by atoms with van der Waals surface area (Å²) in [5.41, 5.74) is -3.37. The third-order valence-corrected chi connectivity index (χ3v) is 6.46. The topological polar surface area (TPSA) is 129 Å². The van der Waals surface area contributed by atoms with Gasteiger partial charge in [-0.2, -0.15) is 0 Å². The van der Waals surface area contributed by atoms with E-state index in [2.05, 4.69) is 10.1 Å². The fourth-order valence-corrected chi connectivity index (χ4v) is 4.44. The Morgan fingerprint density at radius 3 is 2.63 bits per heavy atom. The minimum absolute atomic E-state index is 0.234. The smallest absolute Gasteiger partial charge is 0.330 e. The van der Waals surface area contributed by atoms with Crippen molar-refractivity contribution in [3.63, 3.8) is 0 Å². The van der Waals surface area contributed by atoms with Crippen LogP contribution >= 0.6 is 7.52 Å². The maximum atomic E-state index is 15.4. The monoisotopic (exact) mass is 449 g/mol. The standard InChI is InChI=1S/C18H29FN3O7P/c1-10(2)28-15(24)12(4)21-30(6,26)27-9-13-11(3)18(5,19)16(29-13)22-8-7-14(23)20-17(22)25/h7-8,10-13,16H,9H2,1-6H3,(H,21,26)(H,20,23,25)/t11-,12+,13-,16-,18-,30-/m1/s1. The molecule has 10 nitrogen and oxygen atoms in total. The number of carbonyl (C=O) groups excluding carboxylic acids is 1. The number of H-pyrrole nitrogens is 1. The van der Waals surface area contributed by atoms with Gasteiger partial charge >= 0.3 is 11.7 Å². The van der Waals surface area contributed by atoms with Gasteiger partial charge in [0.25, 0.3) is 13.1 Å². The van der Waals surface area contributed by atoms with Crippen molar-refractivity contribution in [1.82, 2.24) is 14.6 Å². The summed E-state index contributed by atoms with van der Waals surface area (Å²) in [6.07, 6.45) is -1.28. The Hall–Kier alpha value is -1.81. The van der Waals surface area contributed by atoms with Crippen LogP contribution in [0.1, 0.15) is 40.8 Å². The van der Waals surface area contributed by atoms with Gasteiger partial charge in [-0.15, -0.1) is 0 Å². The Morgan fingerprint density at radius 2 is 2.07 bits per heavy atom. The Balaban J connectivity index is 2.06. The normalized spacial score (nSPS) is 29.5. The van der Waals surface area contributed by atoms with E-state index in [0.29, 0.717) is 0 Å². The molecule has 0 aliphatic carbocycles. The van der Waals surface area contributed by atoms with E-state index >= 15 is 4.39 Å². The van der Waals surface area contributed by atoms with Gasteiger partial charge in [0.1, 0.15) is 6.04 Å². The number of alkyl halides is 1. The third-order valence-electron chi connectivity index (χ3n) is 4.96. The van der Waals surface area contributed by atoms with Gasteiger partial charge in [0, 0.05) is 24.8 Å². The molecule has 30 heavy (non-hydrogen) atoms. The van der Waals surface area contributed by atoms with Gasteiger partial charge in [-0.3, -0.25) is 23.7 Å². The van der Waals surface area contributed by atoms with E-state index < -0.39 is 54.7 Å². The predicted octanol–water partition coefficient (Wildman–Crippen LogP) is 1.57. The second kappa shape index (κ2) is 9.13. The van der Waals surface area contributed by atoms with Crippen LogP contribution < -0.4 is 16.3 Å². The average molecular weight is 449 g/mol. The molecule has 170 valence electrons. The number of halogens is 1. The molecule has 2 N–H and O–H groups in total. The first kappa shape index (κ1) is 24.5. The first-order valence-electron chi connectivity index (χ1n) is 9.60. The van der Waals surface area contributed by atoms with Gasteiger partial charge in [-0.25, -0.2) is 14.3 Å². The molecule has 0 aromatic carbocycles. The van der Waals surface area contributed by atoms with Crippen molar-refractivity contribution in [2.75, 3.05) is 13.3 Å². The van der Waals surface area contributed by atoms with Gasteiger partial charge in [0.15, 0.2) is 11.9 Å². The molecule has 0 amide bonds. The number of esters is 1. The van der Waals surface area contributed by atoms with Crippen LogP contribution in [0.4, 0.5) is 4.39 Å². The van der Waals surface area contributed by atoms with Crippen molar-refractivity contribution < 1.29 is 27.7 Å². The summed E-state index contributed by atoms with van der Waals surface area (Å²) in [6, 6.07) is 0.223. The number of hydrogen-bond donors (Lipinski definition) is 2. The van der Waals surface area contributed by atoms with Crippen molar-refractivity contribution in [2.45, 2.75) is 64.8 Å². The highest BCUT2D eigenvalue weighted by molar-refractivity contribution is 7.56. The second-order valence-corrected chi connectivity index (χ2v) is 10.2. The van der Waals surface area contributed by atoms with Gasteiger partial charge in [-0.05, 0) is 27.7 Å². The molecular formula is C18H29FN3O7P. The zero-order valence-electron chi connectivity index (χ0n) is 17.9. The number of hydrogen-bond acceptors (Lipinski definition) is 7. The number of aromatic amines is 1. The molecule has 0 bridgehead atoms. The molecule has 0 spiro atoms. The lowest BCUT2D eigenvalue weighted by molar-refractivity contribution is -0.149. The Labute approximate surface area is 173 Å². The number of rotatable bonds is 8. The van der Waals surface area contributed by atoms with Crippen molar-refractivity contribution >= 4 is 13.5 Å². The Bertz CT molecular complexity index is 929. The largest absolute Gasteiger partial charge is 0.462 e. The average Bonchev–Trinajstić information content (AvgIpc) is 2.82. The minimum Gasteiger partial charge on any atom is -0.462 e. The van der Waals surface area contributed by atoms with Crippen LogP contribution in [-0.4, -0.2) is 52.7 Å². The number of nitrogens with one attached hydrogen (secondary N) is 2. The highest BCUT2D eigenvalue weighted by atomic mass is 31.2. The molecule has 1 aromatic rings. The van der Waals surface area contributed by atoms with E-state index in [1.54, 1.807) is 20.8 Å². The molecule has 1 aromatic heterocycles. The maximum absolute atomic E-state index is 15.4. The van der Waals surface area contributed by atoms with E-state index in [1.807, 2.05) is 0 Å². The van der Waals surface area contributed by atoms with E-state index in [4.69, 9.17) is 14.0 Å². The molecule has 1 fully saturated rings. The van der Waals surface area contributed by atoms with Crippen LogP contribution in [0.2, 0.25) is 0 Å². The van der Waals surface area contributed by atoms with Crippen LogP contribution in [-0.2, 0) is 23.4 Å². The third kappa shape index (κ3) is 5.66. The summed E-state index contributed by atoms with van der Waals surface area (Å²) >= 11 is 0. The summed E-state index contributed by atoms with van der Waals surface area (Å²) in [4.78, 5) is 37.3. The maximum Gasteiger partial charge on any atom is 0.330 e. The number of aromatic nitrogens is 2. The molecule has 2 heterocycles. The van der Waals surface area contributed by atoms with Crippen LogP contribution in [0.15, 0.2) is 21.9 Å². The quantitative estimate of drug-likeness (QED) is 0.452. The molecule has 1 aliphatic heterocycles. The zero-order valence-corrected chi connectivity index (χ0v) is 18.8. The Kier molecular flexibility index (Phi) is 7.45. The van der Waals surface area contributed by atoms with Crippen molar-refractivity contribution in [3.8, 4) is 0 Å². The van der Waals surface area contributed by atoms with E-state index in [-0.39, 0.29) is 12.7 Å². The molecule has 0 unspecified atom stereocenters. The molecule has 0 radical (unpaired) electrons. The molecule has 2 rings (SSSR count). The molecular weight excluding hydrogens is 420 g/mol. The zero-order chi connectivity index (χ0) is 22.9. The van der Waals surface area contributed by atoms with Crippen molar-refractivity contribution in [1.29, 1.82) is 0 Å². The van der Waals surface area contributed by atoms with E-state index in [1.165, 1.54) is 20.5 Å². The van der Waals surface area contributed by atoms with Crippen LogP contribution in [0.5, 0.6) is 0 Å². The highest BCUT2D eigenvalue weighted by Gasteiger charge is 2.53. The number of carbonyl (C=O) groups is 1. The van der Waals surface area contributed by atoms with Crippen molar-refractivity contribution in [2.24, 2.45) is 5.92 Å². The van der Waals surface area contributed by atoms with E-state index in [0.717, 1.165) is 16.8 Å².